The molecule has 396 valence electrons. The number of aromatic nitrogens is 2. The third-order valence-electron chi connectivity index (χ3n) is 15.7. The Balaban J connectivity index is 1.12. The molecule has 2 aromatic heterocycles. The molecule has 74 heavy (non-hydrogen) atoms. The van der Waals surface area contributed by atoms with Crippen LogP contribution in [0.3, 0.4) is 0 Å². The lowest BCUT2D eigenvalue weighted by Crippen LogP contribution is -2.62. The number of benzene rings is 2. The van der Waals surface area contributed by atoms with E-state index in [0.29, 0.717) is 55.7 Å². The Morgan fingerprint density at radius 1 is 0.973 bits per heavy atom. The van der Waals surface area contributed by atoms with Gasteiger partial charge in [-0.3, -0.25) is 39.3 Å². The number of hydrazine groups is 1. The van der Waals surface area contributed by atoms with Gasteiger partial charge in [0, 0.05) is 74.8 Å². The lowest BCUT2D eigenvalue weighted by atomic mass is 9.84. The van der Waals surface area contributed by atoms with Gasteiger partial charge in [-0.1, -0.05) is 38.8 Å². The number of likely N-dealkylation sites (N-methyl/N-ethyl adjacent to an activating group) is 2. The van der Waals surface area contributed by atoms with Crippen molar-refractivity contribution in [2.75, 3.05) is 48.0 Å². The average molecular weight is 1020 g/mol. The molecule has 2 aliphatic carbocycles. The third-order valence-corrected chi connectivity index (χ3v) is 15.7. The van der Waals surface area contributed by atoms with Crippen molar-refractivity contribution in [1.29, 1.82) is 0 Å². The van der Waals surface area contributed by atoms with Crippen molar-refractivity contribution in [3.05, 3.63) is 71.5 Å². The van der Waals surface area contributed by atoms with Crippen LogP contribution in [-0.4, -0.2) is 138 Å². The zero-order valence-corrected chi connectivity index (χ0v) is 44.0. The summed E-state index contributed by atoms with van der Waals surface area (Å²) in [5.74, 6) is -1.58. The van der Waals surface area contributed by atoms with Crippen LogP contribution in [0, 0.1) is 17.3 Å². The number of nitrogens with zero attached hydrogens (tertiary/aromatic N) is 5. The minimum Gasteiger partial charge on any atom is -0.464 e. The van der Waals surface area contributed by atoms with E-state index in [-0.39, 0.29) is 67.8 Å². The van der Waals surface area contributed by atoms with E-state index in [9.17, 15) is 19.2 Å². The van der Waals surface area contributed by atoms with Gasteiger partial charge in [-0.15, -0.1) is 0 Å². The second-order valence-corrected chi connectivity index (χ2v) is 21.8. The average Bonchev–Trinajstić information content (AvgIpc) is 4.33. The Morgan fingerprint density at radius 3 is 2.46 bits per heavy atom. The molecule has 18 nitrogen and oxygen atoms in total. The number of fused-ring (bicyclic) bond motifs is 6. The number of cyclic esters (lactones) is 1. The summed E-state index contributed by atoms with van der Waals surface area (Å²) in [6, 6.07) is 12.3. The molecule has 4 aromatic rings. The van der Waals surface area contributed by atoms with Crippen LogP contribution in [0.25, 0.3) is 33.3 Å². The molecule has 2 aromatic carbocycles. The van der Waals surface area contributed by atoms with E-state index >= 15 is 9.59 Å². The summed E-state index contributed by atoms with van der Waals surface area (Å²) in [7, 11) is 6.10. The zero-order chi connectivity index (χ0) is 52.6. The van der Waals surface area contributed by atoms with Gasteiger partial charge in [0.2, 0.25) is 17.7 Å². The van der Waals surface area contributed by atoms with Crippen LogP contribution in [-0.2, 0) is 57.6 Å². The first kappa shape index (κ1) is 52.5. The number of amides is 4. The highest BCUT2D eigenvalue weighted by Crippen LogP contribution is 2.43. The van der Waals surface area contributed by atoms with Crippen molar-refractivity contribution in [2.45, 2.75) is 135 Å². The number of nitrogens with one attached hydrogen (secondary N) is 3. The van der Waals surface area contributed by atoms with Crippen molar-refractivity contribution in [3.63, 3.8) is 0 Å². The van der Waals surface area contributed by atoms with Crippen molar-refractivity contribution < 1.29 is 47.7 Å². The summed E-state index contributed by atoms with van der Waals surface area (Å²) in [6.07, 6.45) is 7.22. The van der Waals surface area contributed by atoms with Gasteiger partial charge in [0.05, 0.1) is 37.8 Å². The molecule has 0 unspecified atom stereocenters. The summed E-state index contributed by atoms with van der Waals surface area (Å²) < 4.78 is 24.9. The van der Waals surface area contributed by atoms with Gasteiger partial charge in [0.25, 0.3) is 5.91 Å². The molecular weight excluding hydrogens is 945 g/mol. The molecule has 18 heteroatoms. The normalized spacial score (nSPS) is 22.8. The number of aryl methyl sites for hydroxylation is 1. The molecule has 6 bridgehead atoms. The van der Waals surface area contributed by atoms with E-state index in [2.05, 4.69) is 59.6 Å². The summed E-state index contributed by atoms with van der Waals surface area (Å²) in [5.41, 5.74) is 9.28. The number of hydrogen-bond donors (Lipinski definition) is 3. The van der Waals surface area contributed by atoms with E-state index in [1.807, 2.05) is 25.1 Å². The fraction of sp³-hybridized carbons (Fsp3) is 0.554. The van der Waals surface area contributed by atoms with Gasteiger partial charge in [0.15, 0.2) is 0 Å². The van der Waals surface area contributed by atoms with Gasteiger partial charge in [0.1, 0.15) is 29.9 Å². The topological polar surface area (TPSA) is 213 Å². The highest BCUT2D eigenvalue weighted by molar-refractivity contribution is 5.97. The number of rotatable bonds is 13. The fourth-order valence-corrected chi connectivity index (χ4v) is 11.5. The minimum absolute atomic E-state index is 0.0639. The summed E-state index contributed by atoms with van der Waals surface area (Å²) in [4.78, 5) is 92.1. The van der Waals surface area contributed by atoms with Crippen LogP contribution in [0.2, 0.25) is 0 Å². The Kier molecular flexibility index (Phi) is 15.5. The second-order valence-electron chi connectivity index (χ2n) is 21.8. The molecule has 2 saturated heterocycles. The first-order valence-corrected chi connectivity index (χ1v) is 26.3. The molecule has 5 heterocycles. The minimum atomic E-state index is -1.22. The first-order chi connectivity index (χ1) is 35.5. The predicted molar refractivity (Wildman–Crippen MR) is 276 cm³/mol. The highest BCUT2D eigenvalue weighted by Gasteiger charge is 2.52. The summed E-state index contributed by atoms with van der Waals surface area (Å²) >= 11 is 0. The Morgan fingerprint density at radius 2 is 1.74 bits per heavy atom. The molecule has 4 fully saturated rings. The lowest BCUT2D eigenvalue weighted by molar-refractivity contribution is -0.155. The predicted octanol–water partition coefficient (Wildman–Crippen LogP) is 6.12. The van der Waals surface area contributed by atoms with Crippen molar-refractivity contribution in [1.82, 2.24) is 40.4 Å². The molecule has 2 saturated carbocycles. The Hall–Kier alpha value is -6.37. The van der Waals surface area contributed by atoms with E-state index in [1.54, 1.807) is 39.5 Å². The number of esters is 1. The number of pyridine rings is 1. The largest absolute Gasteiger partial charge is 0.513 e. The second kappa shape index (κ2) is 21.8. The van der Waals surface area contributed by atoms with Gasteiger partial charge in [-0.25, -0.2) is 10.2 Å². The molecule has 9 rings (SSSR count). The summed E-state index contributed by atoms with van der Waals surface area (Å²) in [6.45, 7) is 8.96. The smallest absolute Gasteiger partial charge is 0.464 e. The van der Waals surface area contributed by atoms with Gasteiger partial charge < -0.3 is 38.6 Å². The third kappa shape index (κ3) is 11.2. The van der Waals surface area contributed by atoms with Crippen LogP contribution in [0.4, 0.5) is 4.79 Å². The van der Waals surface area contributed by atoms with Crippen molar-refractivity contribution >= 4 is 46.7 Å². The molecule has 3 N–H and O–H groups in total. The molecule has 0 spiro atoms. The van der Waals surface area contributed by atoms with Gasteiger partial charge in [-0.05, 0) is 129 Å². The van der Waals surface area contributed by atoms with Crippen molar-refractivity contribution in [3.8, 4) is 28.1 Å². The molecule has 4 amide bonds. The maximum atomic E-state index is 15.1. The maximum absolute atomic E-state index is 15.1. The van der Waals surface area contributed by atoms with E-state index in [4.69, 9.17) is 23.9 Å². The SMILES string of the molecule is CCn1c(-c2cccnc2[C@H](C)OC)c2c3cc(ccc31)-c1cc(cc(OC(=O)OC)c1)C[C@H](NC(=O)[C@H](C1CCCC1)N(C)C(=O)CN(C)C(=O)[C@@H]1N[C@@H]1C1CC1)C(=O)N1CCC[C@H](N1)C(=O)OCC(C)(C)C2. The lowest BCUT2D eigenvalue weighted by Gasteiger charge is -2.37. The molecular formula is C56H72N8O10. The van der Waals surface area contributed by atoms with Gasteiger partial charge >= 0.3 is 12.1 Å². The Labute approximate surface area is 433 Å². The molecule has 0 radical (unpaired) electrons. The van der Waals surface area contributed by atoms with Crippen LogP contribution in [0.1, 0.15) is 102 Å². The van der Waals surface area contributed by atoms with Crippen LogP contribution in [0.15, 0.2) is 54.7 Å². The number of carbonyl (C=O) groups excluding carboxylic acids is 6. The quantitative estimate of drug-likeness (QED) is 0.0784. The van der Waals surface area contributed by atoms with Crippen LogP contribution >= 0.6 is 0 Å². The Bertz CT molecular complexity index is 2800. The monoisotopic (exact) mass is 1020 g/mol. The number of ether oxygens (including phenoxy) is 4. The van der Waals surface area contributed by atoms with Crippen molar-refractivity contribution in [2.24, 2.45) is 17.3 Å². The standard InChI is InChI=1S/C56H72N8O10/c1-9-63-44-21-20-36-28-40(44)41(50(63)39-16-12-22-57-46(39)32(2)71-7)29-56(3,4)31-73-54(69)42-17-13-23-64(60-42)52(67)43(26-33-24-37(36)27-38(25-33)74-55(70)72-8)58-51(66)49(35-14-10-11-15-35)62(6)45(65)30-61(5)53(68)48-47(59-48)34-18-19-34/h12,16,20-22,24-25,27-28,32,34-35,42-43,47-49,59-60H,9-11,13-15,17-19,23,26,29-31H2,1-8H3,(H,58,66)/t32-,42-,43-,47+,48+,49-/m0/s1. The van der Waals surface area contributed by atoms with Crippen LogP contribution < -0.4 is 20.8 Å². The number of methoxy groups -OCH3 is 2. The highest BCUT2D eigenvalue weighted by atomic mass is 16.7. The fourth-order valence-electron chi connectivity index (χ4n) is 11.5. The first-order valence-electron chi connectivity index (χ1n) is 26.3. The van der Waals surface area contributed by atoms with E-state index < -0.39 is 47.5 Å². The van der Waals surface area contributed by atoms with E-state index in [0.717, 1.165) is 64.7 Å². The maximum Gasteiger partial charge on any atom is 0.513 e. The number of hydrogen-bond acceptors (Lipinski definition) is 13. The molecule has 6 atom stereocenters. The van der Waals surface area contributed by atoms with Gasteiger partial charge in [-0.2, -0.15) is 0 Å². The molecule has 3 aliphatic heterocycles. The van der Waals surface area contributed by atoms with E-state index in [1.165, 1.54) is 21.9 Å². The zero-order valence-electron chi connectivity index (χ0n) is 44.0. The number of carbonyl (C=O) groups is 6. The molecule has 5 aliphatic rings. The van der Waals surface area contributed by atoms with Crippen LogP contribution in [0.5, 0.6) is 5.75 Å². The summed E-state index contributed by atoms with van der Waals surface area (Å²) in [5, 5.41) is 8.70.